The third-order valence-corrected chi connectivity index (χ3v) is 2.86. The second-order valence-corrected chi connectivity index (χ2v) is 4.60. The van der Waals surface area contributed by atoms with Crippen molar-refractivity contribution < 1.29 is 9.47 Å². The van der Waals surface area contributed by atoms with Crippen LogP contribution in [-0.4, -0.2) is 42.0 Å². The van der Waals surface area contributed by atoms with Crippen LogP contribution < -0.4 is 5.32 Å². The molecule has 5 nitrogen and oxygen atoms in total. The highest BCUT2D eigenvalue weighted by Gasteiger charge is 2.13. The minimum absolute atomic E-state index is 0.180. The van der Waals surface area contributed by atoms with Crippen LogP contribution in [0.1, 0.15) is 25.6 Å². The minimum atomic E-state index is 0.180. The zero-order valence-electron chi connectivity index (χ0n) is 10.6. The summed E-state index contributed by atoms with van der Waals surface area (Å²) in [6.07, 6.45) is 3.89. The molecule has 1 atom stereocenters. The molecule has 0 amide bonds. The van der Waals surface area contributed by atoms with E-state index < -0.39 is 0 Å². The van der Waals surface area contributed by atoms with Gasteiger partial charge in [-0.2, -0.15) is 0 Å². The Balaban J connectivity index is 1.75. The van der Waals surface area contributed by atoms with Crippen LogP contribution in [0.5, 0.6) is 0 Å². The highest BCUT2D eigenvalue weighted by atomic mass is 16.5. The summed E-state index contributed by atoms with van der Waals surface area (Å²) in [6.45, 7) is 8.10. The largest absolute Gasteiger partial charge is 0.373 e. The molecule has 1 fully saturated rings. The summed E-state index contributed by atoms with van der Waals surface area (Å²) in [5, 5.41) is 3.29. The van der Waals surface area contributed by atoms with Gasteiger partial charge in [0.05, 0.1) is 44.1 Å². The summed E-state index contributed by atoms with van der Waals surface area (Å²) in [5.41, 5.74) is 1.11. The lowest BCUT2D eigenvalue weighted by Crippen LogP contribution is -2.41. The zero-order chi connectivity index (χ0) is 12.1. The molecule has 1 saturated heterocycles. The van der Waals surface area contributed by atoms with E-state index in [-0.39, 0.29) is 6.10 Å². The number of morpholine rings is 1. The average molecular weight is 239 g/mol. The standard InChI is InChI=1S/C12H21N3O2/c1-10(2)15-9-14-5-11(15)7-16-8-12-6-13-3-4-17-12/h5,9-10,12-13H,3-4,6-8H2,1-2H3. The molecule has 0 radical (unpaired) electrons. The maximum Gasteiger partial charge on any atom is 0.0951 e. The second kappa shape index (κ2) is 6.14. The van der Waals surface area contributed by atoms with Crippen LogP contribution in [0, 0.1) is 0 Å². The molecule has 17 heavy (non-hydrogen) atoms. The zero-order valence-corrected chi connectivity index (χ0v) is 10.6. The molecule has 0 bridgehead atoms. The van der Waals surface area contributed by atoms with E-state index in [0.717, 1.165) is 25.4 Å². The molecule has 1 aromatic rings. The van der Waals surface area contributed by atoms with Crippen molar-refractivity contribution in [2.45, 2.75) is 32.6 Å². The number of hydrogen-bond donors (Lipinski definition) is 1. The van der Waals surface area contributed by atoms with Crippen LogP contribution in [0.25, 0.3) is 0 Å². The molecule has 1 N–H and O–H groups in total. The van der Waals surface area contributed by atoms with Crippen molar-refractivity contribution in [3.05, 3.63) is 18.2 Å². The Morgan fingerprint density at radius 2 is 2.53 bits per heavy atom. The van der Waals surface area contributed by atoms with Crippen LogP contribution in [0.2, 0.25) is 0 Å². The van der Waals surface area contributed by atoms with E-state index in [4.69, 9.17) is 9.47 Å². The first kappa shape index (κ1) is 12.5. The predicted molar refractivity (Wildman–Crippen MR) is 64.9 cm³/mol. The van der Waals surface area contributed by atoms with Gasteiger partial charge in [-0.15, -0.1) is 0 Å². The van der Waals surface area contributed by atoms with Gasteiger partial charge in [-0.1, -0.05) is 0 Å². The van der Waals surface area contributed by atoms with Gasteiger partial charge in [0.15, 0.2) is 0 Å². The van der Waals surface area contributed by atoms with E-state index in [9.17, 15) is 0 Å². The normalized spacial score (nSPS) is 21.0. The van der Waals surface area contributed by atoms with Crippen molar-refractivity contribution in [1.29, 1.82) is 0 Å². The topological polar surface area (TPSA) is 48.3 Å². The van der Waals surface area contributed by atoms with E-state index in [1.165, 1.54) is 0 Å². The van der Waals surface area contributed by atoms with E-state index >= 15 is 0 Å². The van der Waals surface area contributed by atoms with Crippen molar-refractivity contribution in [2.24, 2.45) is 0 Å². The van der Waals surface area contributed by atoms with Crippen LogP contribution in [0.3, 0.4) is 0 Å². The summed E-state index contributed by atoms with van der Waals surface area (Å²) in [4.78, 5) is 4.15. The van der Waals surface area contributed by atoms with Gasteiger partial charge in [-0.25, -0.2) is 4.98 Å². The lowest BCUT2D eigenvalue weighted by Gasteiger charge is -2.23. The molecule has 5 heteroatoms. The first-order valence-electron chi connectivity index (χ1n) is 6.18. The third-order valence-electron chi connectivity index (χ3n) is 2.86. The van der Waals surface area contributed by atoms with Gasteiger partial charge in [0.1, 0.15) is 0 Å². The summed E-state index contributed by atoms with van der Waals surface area (Å²) >= 11 is 0. The van der Waals surface area contributed by atoms with Gasteiger partial charge in [0.2, 0.25) is 0 Å². The number of aromatic nitrogens is 2. The Hall–Kier alpha value is -0.910. The number of nitrogens with zero attached hydrogens (tertiary/aromatic N) is 2. The highest BCUT2D eigenvalue weighted by Crippen LogP contribution is 2.10. The average Bonchev–Trinajstić information content (AvgIpc) is 2.79. The Labute approximate surface area is 102 Å². The number of hydrogen-bond acceptors (Lipinski definition) is 4. The quantitative estimate of drug-likeness (QED) is 0.831. The Bertz CT molecular complexity index is 332. The fraction of sp³-hybridized carbons (Fsp3) is 0.750. The van der Waals surface area contributed by atoms with Crippen molar-refractivity contribution in [3.63, 3.8) is 0 Å². The van der Waals surface area contributed by atoms with E-state index in [1.54, 1.807) is 0 Å². The van der Waals surface area contributed by atoms with Gasteiger partial charge >= 0.3 is 0 Å². The lowest BCUT2D eigenvalue weighted by molar-refractivity contribution is -0.0368. The highest BCUT2D eigenvalue weighted by molar-refractivity contribution is 4.97. The Kier molecular flexibility index (Phi) is 4.53. The maximum absolute atomic E-state index is 5.68. The van der Waals surface area contributed by atoms with Gasteiger partial charge < -0.3 is 19.4 Å². The van der Waals surface area contributed by atoms with Gasteiger partial charge in [-0.05, 0) is 13.8 Å². The van der Waals surface area contributed by atoms with E-state index in [1.807, 2.05) is 12.5 Å². The van der Waals surface area contributed by atoms with E-state index in [0.29, 0.717) is 19.3 Å². The maximum atomic E-state index is 5.68. The van der Waals surface area contributed by atoms with Crippen LogP contribution in [0.4, 0.5) is 0 Å². The van der Waals surface area contributed by atoms with Crippen molar-refractivity contribution >= 4 is 0 Å². The number of nitrogens with one attached hydrogen (secondary N) is 1. The molecule has 0 spiro atoms. The Morgan fingerprint density at radius 1 is 1.65 bits per heavy atom. The van der Waals surface area contributed by atoms with E-state index in [2.05, 4.69) is 28.7 Å². The molecule has 2 rings (SSSR count). The molecular formula is C12H21N3O2. The van der Waals surface area contributed by atoms with Crippen molar-refractivity contribution in [3.8, 4) is 0 Å². The molecule has 1 aliphatic heterocycles. The molecule has 1 unspecified atom stereocenters. The molecule has 0 aromatic carbocycles. The van der Waals surface area contributed by atoms with Gasteiger partial charge in [-0.3, -0.25) is 0 Å². The molecular weight excluding hydrogens is 218 g/mol. The van der Waals surface area contributed by atoms with Gasteiger partial charge in [0, 0.05) is 19.1 Å². The minimum Gasteiger partial charge on any atom is -0.373 e. The number of imidazole rings is 1. The van der Waals surface area contributed by atoms with Gasteiger partial charge in [0.25, 0.3) is 0 Å². The molecule has 0 saturated carbocycles. The van der Waals surface area contributed by atoms with Crippen molar-refractivity contribution in [2.75, 3.05) is 26.3 Å². The first-order valence-corrected chi connectivity index (χ1v) is 6.18. The molecule has 0 aliphatic carbocycles. The first-order chi connectivity index (χ1) is 8.27. The third kappa shape index (κ3) is 3.52. The molecule has 1 aliphatic rings. The predicted octanol–water partition coefficient (Wildman–Crippen LogP) is 0.969. The number of rotatable bonds is 5. The SMILES string of the molecule is CC(C)n1cncc1COCC1CNCCO1. The van der Waals surface area contributed by atoms with Crippen molar-refractivity contribution in [1.82, 2.24) is 14.9 Å². The molecule has 1 aromatic heterocycles. The van der Waals surface area contributed by atoms with Crippen LogP contribution in [-0.2, 0) is 16.1 Å². The monoisotopic (exact) mass is 239 g/mol. The van der Waals surface area contributed by atoms with Crippen LogP contribution >= 0.6 is 0 Å². The number of ether oxygens (including phenoxy) is 2. The fourth-order valence-electron chi connectivity index (χ4n) is 1.93. The second-order valence-electron chi connectivity index (χ2n) is 4.60. The summed E-state index contributed by atoms with van der Waals surface area (Å²) in [5.74, 6) is 0. The summed E-state index contributed by atoms with van der Waals surface area (Å²) in [7, 11) is 0. The molecule has 2 heterocycles. The van der Waals surface area contributed by atoms with Crippen LogP contribution in [0.15, 0.2) is 12.5 Å². The smallest absolute Gasteiger partial charge is 0.0951 e. The lowest BCUT2D eigenvalue weighted by atomic mass is 10.3. The summed E-state index contributed by atoms with van der Waals surface area (Å²) in [6, 6.07) is 0.420. The molecule has 96 valence electrons. The summed E-state index contributed by atoms with van der Waals surface area (Å²) < 4.78 is 13.4. The Morgan fingerprint density at radius 3 is 3.24 bits per heavy atom. The fourth-order valence-corrected chi connectivity index (χ4v) is 1.93.